The summed E-state index contributed by atoms with van der Waals surface area (Å²) in [5.41, 5.74) is 7.46. The largest absolute Gasteiger partial charge is 0.330 e. The van der Waals surface area contributed by atoms with Gasteiger partial charge in [-0.15, -0.1) is 0 Å². The van der Waals surface area contributed by atoms with Crippen molar-refractivity contribution in [1.29, 1.82) is 5.26 Å². The first-order valence-corrected chi connectivity index (χ1v) is 4.52. The third-order valence-electron chi connectivity index (χ3n) is 2.30. The Bertz CT molecular complexity index is 308. The van der Waals surface area contributed by atoms with E-state index in [4.69, 9.17) is 11.0 Å². The highest BCUT2D eigenvalue weighted by molar-refractivity contribution is 5.39. The van der Waals surface area contributed by atoms with E-state index in [0.717, 1.165) is 17.5 Å². The van der Waals surface area contributed by atoms with Crippen LogP contribution in [0.2, 0.25) is 0 Å². The Labute approximate surface area is 79.0 Å². The quantitative estimate of drug-likeness (QED) is 0.762. The van der Waals surface area contributed by atoms with E-state index in [1.807, 2.05) is 24.3 Å². The number of hydrogen-bond donors (Lipinski definition) is 1. The van der Waals surface area contributed by atoms with E-state index in [1.165, 1.54) is 0 Å². The zero-order chi connectivity index (χ0) is 9.68. The maximum atomic E-state index is 8.87. The molecule has 2 heteroatoms. The van der Waals surface area contributed by atoms with E-state index >= 15 is 0 Å². The Balaban J connectivity index is 3.05. The summed E-state index contributed by atoms with van der Waals surface area (Å²) < 4.78 is 0. The Morgan fingerprint density at radius 1 is 1.46 bits per heavy atom. The summed E-state index contributed by atoms with van der Waals surface area (Å²) in [7, 11) is 0. The van der Waals surface area contributed by atoms with Crippen LogP contribution < -0.4 is 5.73 Å². The van der Waals surface area contributed by atoms with Crippen molar-refractivity contribution in [1.82, 2.24) is 0 Å². The highest BCUT2D eigenvalue weighted by Gasteiger charge is 2.10. The fourth-order valence-corrected chi connectivity index (χ4v) is 1.47. The SMILES string of the molecule is CCC(CN)c1ccccc1C#N. The Morgan fingerprint density at radius 3 is 2.69 bits per heavy atom. The van der Waals surface area contributed by atoms with E-state index < -0.39 is 0 Å². The van der Waals surface area contributed by atoms with Gasteiger partial charge in [-0.1, -0.05) is 25.1 Å². The predicted molar refractivity (Wildman–Crippen MR) is 53.2 cm³/mol. The van der Waals surface area contributed by atoms with Crippen molar-refractivity contribution < 1.29 is 0 Å². The van der Waals surface area contributed by atoms with Gasteiger partial charge in [-0.3, -0.25) is 0 Å². The molecule has 0 aliphatic carbocycles. The third-order valence-corrected chi connectivity index (χ3v) is 2.30. The molecule has 1 aromatic rings. The zero-order valence-corrected chi connectivity index (χ0v) is 7.83. The molecule has 68 valence electrons. The average Bonchev–Trinajstić information content (AvgIpc) is 2.20. The Morgan fingerprint density at radius 2 is 2.15 bits per heavy atom. The molecule has 13 heavy (non-hydrogen) atoms. The first-order chi connectivity index (χ1) is 6.33. The van der Waals surface area contributed by atoms with E-state index in [-0.39, 0.29) is 0 Å². The van der Waals surface area contributed by atoms with E-state index in [1.54, 1.807) is 0 Å². The van der Waals surface area contributed by atoms with Gasteiger partial charge in [-0.05, 0) is 30.5 Å². The monoisotopic (exact) mass is 174 g/mol. The molecule has 0 aliphatic rings. The number of rotatable bonds is 3. The molecular weight excluding hydrogens is 160 g/mol. The third kappa shape index (κ3) is 2.07. The lowest BCUT2D eigenvalue weighted by atomic mass is 9.93. The average molecular weight is 174 g/mol. The van der Waals surface area contributed by atoms with Crippen LogP contribution in [0.5, 0.6) is 0 Å². The van der Waals surface area contributed by atoms with E-state index in [0.29, 0.717) is 12.5 Å². The van der Waals surface area contributed by atoms with Crippen molar-refractivity contribution in [3.05, 3.63) is 35.4 Å². The van der Waals surface area contributed by atoms with Crippen LogP contribution >= 0.6 is 0 Å². The van der Waals surface area contributed by atoms with Crippen molar-refractivity contribution in [3.63, 3.8) is 0 Å². The molecular formula is C11H14N2. The van der Waals surface area contributed by atoms with Crippen LogP contribution in [0.15, 0.2) is 24.3 Å². The lowest BCUT2D eigenvalue weighted by Crippen LogP contribution is -2.12. The molecule has 0 aliphatic heterocycles. The van der Waals surface area contributed by atoms with E-state index in [9.17, 15) is 0 Å². The molecule has 1 unspecified atom stereocenters. The first-order valence-electron chi connectivity index (χ1n) is 4.52. The van der Waals surface area contributed by atoms with Gasteiger partial charge in [0.05, 0.1) is 11.6 Å². The molecule has 0 fully saturated rings. The molecule has 0 aromatic heterocycles. The fourth-order valence-electron chi connectivity index (χ4n) is 1.47. The summed E-state index contributed by atoms with van der Waals surface area (Å²) >= 11 is 0. The van der Waals surface area contributed by atoms with Crippen LogP contribution in [0.4, 0.5) is 0 Å². The van der Waals surface area contributed by atoms with Crippen LogP contribution in [-0.4, -0.2) is 6.54 Å². The van der Waals surface area contributed by atoms with Crippen molar-refractivity contribution >= 4 is 0 Å². The fraction of sp³-hybridized carbons (Fsp3) is 0.364. The molecule has 2 N–H and O–H groups in total. The molecule has 1 rings (SSSR count). The molecule has 0 bridgehead atoms. The minimum absolute atomic E-state index is 0.316. The first kappa shape index (κ1) is 9.76. The van der Waals surface area contributed by atoms with Crippen molar-refractivity contribution in [2.24, 2.45) is 5.73 Å². The minimum atomic E-state index is 0.316. The number of nitrogens with zero attached hydrogens (tertiary/aromatic N) is 1. The lowest BCUT2D eigenvalue weighted by Gasteiger charge is -2.13. The molecule has 0 saturated carbocycles. The number of nitrogens with two attached hydrogens (primary N) is 1. The second-order valence-corrected chi connectivity index (χ2v) is 3.04. The smallest absolute Gasteiger partial charge is 0.0994 e. The number of hydrogen-bond acceptors (Lipinski definition) is 2. The summed E-state index contributed by atoms with van der Waals surface area (Å²) in [6.07, 6.45) is 0.981. The van der Waals surface area contributed by atoms with Gasteiger partial charge in [0.25, 0.3) is 0 Å². The van der Waals surface area contributed by atoms with Gasteiger partial charge >= 0.3 is 0 Å². The highest BCUT2D eigenvalue weighted by Crippen LogP contribution is 2.21. The number of benzene rings is 1. The van der Waals surface area contributed by atoms with Crippen LogP contribution in [0.1, 0.15) is 30.4 Å². The minimum Gasteiger partial charge on any atom is -0.330 e. The van der Waals surface area contributed by atoms with Crippen LogP contribution in [0.3, 0.4) is 0 Å². The topological polar surface area (TPSA) is 49.8 Å². The molecule has 1 aromatic carbocycles. The highest BCUT2D eigenvalue weighted by atomic mass is 14.5. The molecule has 0 radical (unpaired) electrons. The van der Waals surface area contributed by atoms with Gasteiger partial charge in [0.1, 0.15) is 0 Å². The molecule has 0 heterocycles. The standard InChI is InChI=1S/C11H14N2/c1-2-9(7-12)11-6-4-3-5-10(11)8-13/h3-6,9H,2,7,12H2,1H3. The molecule has 0 spiro atoms. The summed E-state index contributed by atoms with van der Waals surface area (Å²) in [5.74, 6) is 0.316. The second kappa shape index (κ2) is 4.64. The lowest BCUT2D eigenvalue weighted by molar-refractivity contribution is 0.673. The van der Waals surface area contributed by atoms with Crippen molar-refractivity contribution in [2.75, 3.05) is 6.54 Å². The normalized spacial score (nSPS) is 12.1. The zero-order valence-electron chi connectivity index (χ0n) is 7.83. The van der Waals surface area contributed by atoms with Crippen LogP contribution in [0.25, 0.3) is 0 Å². The van der Waals surface area contributed by atoms with Crippen molar-refractivity contribution in [3.8, 4) is 6.07 Å². The van der Waals surface area contributed by atoms with Crippen molar-refractivity contribution in [2.45, 2.75) is 19.3 Å². The second-order valence-electron chi connectivity index (χ2n) is 3.04. The molecule has 2 nitrogen and oxygen atoms in total. The summed E-state index contributed by atoms with van der Waals surface area (Å²) in [5, 5.41) is 8.87. The predicted octanol–water partition coefficient (Wildman–Crippen LogP) is 2.01. The van der Waals surface area contributed by atoms with Gasteiger partial charge in [0, 0.05) is 0 Å². The maximum Gasteiger partial charge on any atom is 0.0994 e. The molecule has 0 saturated heterocycles. The summed E-state index contributed by atoms with van der Waals surface area (Å²) in [6, 6.07) is 9.85. The van der Waals surface area contributed by atoms with Crippen LogP contribution in [0, 0.1) is 11.3 Å². The van der Waals surface area contributed by atoms with Gasteiger partial charge in [0.15, 0.2) is 0 Å². The Hall–Kier alpha value is -1.33. The van der Waals surface area contributed by atoms with Crippen LogP contribution in [-0.2, 0) is 0 Å². The van der Waals surface area contributed by atoms with Gasteiger partial charge in [-0.25, -0.2) is 0 Å². The molecule has 1 atom stereocenters. The molecule has 0 amide bonds. The summed E-state index contributed by atoms with van der Waals surface area (Å²) in [4.78, 5) is 0. The number of nitriles is 1. The van der Waals surface area contributed by atoms with Gasteiger partial charge < -0.3 is 5.73 Å². The van der Waals surface area contributed by atoms with Gasteiger partial charge in [-0.2, -0.15) is 5.26 Å². The van der Waals surface area contributed by atoms with Gasteiger partial charge in [0.2, 0.25) is 0 Å². The Kier molecular flexibility index (Phi) is 3.48. The summed E-state index contributed by atoms with van der Waals surface area (Å²) in [6.45, 7) is 2.70. The van der Waals surface area contributed by atoms with E-state index in [2.05, 4.69) is 13.0 Å². The maximum absolute atomic E-state index is 8.87.